The lowest BCUT2D eigenvalue weighted by Crippen LogP contribution is -3.00. The van der Waals surface area contributed by atoms with Gasteiger partial charge in [0.2, 0.25) is 0 Å². The summed E-state index contributed by atoms with van der Waals surface area (Å²) in [7, 11) is 0. The van der Waals surface area contributed by atoms with Crippen molar-refractivity contribution >= 4 is 0 Å². The van der Waals surface area contributed by atoms with Gasteiger partial charge in [0.05, 0.1) is 6.54 Å². The number of hydrogen-bond acceptors (Lipinski definition) is 0. The molecule has 0 heterocycles. The minimum absolute atomic E-state index is 0. The van der Waals surface area contributed by atoms with E-state index in [1.165, 1.54) is 121 Å². The largest absolute Gasteiger partial charge is 1.00 e. The van der Waals surface area contributed by atoms with Gasteiger partial charge in [0.1, 0.15) is 0 Å². The number of halogens is 1. The van der Waals surface area contributed by atoms with Gasteiger partial charge in [-0.3, -0.25) is 0 Å². The van der Waals surface area contributed by atoms with E-state index in [-0.39, 0.29) is 12.4 Å². The fourth-order valence-corrected chi connectivity index (χ4v) is 3.80. The highest BCUT2D eigenvalue weighted by molar-refractivity contribution is 5.14. The van der Waals surface area contributed by atoms with Crippen molar-refractivity contribution in [3.8, 4) is 0 Å². The number of benzene rings is 1. The Balaban J connectivity index is 0.00000676. The van der Waals surface area contributed by atoms with Crippen LogP contribution >= 0.6 is 0 Å². The zero-order valence-corrected chi connectivity index (χ0v) is 18.7. The average molecular weight is 396 g/mol. The first kappa shape index (κ1) is 26.5. The van der Waals surface area contributed by atoms with E-state index < -0.39 is 0 Å². The Morgan fingerprint density at radius 1 is 0.444 bits per heavy atom. The Morgan fingerprint density at radius 3 is 1.15 bits per heavy atom. The van der Waals surface area contributed by atoms with E-state index in [9.17, 15) is 0 Å². The van der Waals surface area contributed by atoms with Crippen molar-refractivity contribution in [1.82, 2.24) is 0 Å². The van der Waals surface area contributed by atoms with Crippen LogP contribution in [-0.4, -0.2) is 6.54 Å². The molecule has 1 rings (SSSR count). The van der Waals surface area contributed by atoms with Crippen LogP contribution in [0.5, 0.6) is 0 Å². The lowest BCUT2D eigenvalue weighted by atomic mass is 10.0. The van der Waals surface area contributed by atoms with Gasteiger partial charge in [-0.05, 0) is 31.2 Å². The molecule has 1 aromatic rings. The first-order valence-corrected chi connectivity index (χ1v) is 11.8. The summed E-state index contributed by atoms with van der Waals surface area (Å²) in [4.78, 5) is 0. The van der Waals surface area contributed by atoms with Gasteiger partial charge < -0.3 is 18.1 Å². The fraction of sp³-hybridized carbons (Fsp3) is 0.760. The molecular formula is C25H46ClN. The monoisotopic (exact) mass is 395 g/mol. The summed E-state index contributed by atoms with van der Waals surface area (Å²) in [6, 6.07) is 10.9. The topological polar surface area (TPSA) is 27.6 Å². The van der Waals surface area contributed by atoms with Crippen molar-refractivity contribution in [2.75, 3.05) is 6.54 Å². The van der Waals surface area contributed by atoms with Crippen LogP contribution < -0.4 is 18.1 Å². The summed E-state index contributed by atoms with van der Waals surface area (Å²) in [5, 5.41) is 0. The molecule has 0 saturated carbocycles. The summed E-state index contributed by atoms with van der Waals surface area (Å²) in [6.07, 6.45) is 25.7. The summed E-state index contributed by atoms with van der Waals surface area (Å²) in [5.74, 6) is 0. The third kappa shape index (κ3) is 18.6. The molecule has 0 aliphatic rings. The van der Waals surface area contributed by atoms with E-state index in [0.29, 0.717) is 0 Å². The minimum Gasteiger partial charge on any atom is -1.00 e. The van der Waals surface area contributed by atoms with E-state index in [1.807, 2.05) is 0 Å². The van der Waals surface area contributed by atoms with E-state index >= 15 is 0 Å². The van der Waals surface area contributed by atoms with E-state index in [4.69, 9.17) is 0 Å². The molecule has 27 heavy (non-hydrogen) atoms. The predicted octanol–water partition coefficient (Wildman–Crippen LogP) is 4.11. The van der Waals surface area contributed by atoms with Crippen molar-refractivity contribution in [3.63, 3.8) is 0 Å². The number of unbranched alkanes of at least 4 members (excludes halogenated alkanes) is 16. The van der Waals surface area contributed by atoms with E-state index in [0.717, 1.165) is 6.54 Å². The minimum atomic E-state index is 0. The molecule has 0 atom stereocenters. The molecule has 0 aliphatic heterocycles. The summed E-state index contributed by atoms with van der Waals surface area (Å²) >= 11 is 0. The Bertz CT molecular complexity index is 379. The summed E-state index contributed by atoms with van der Waals surface area (Å²) in [6.45, 7) is 1.12. The molecule has 158 valence electrons. The van der Waals surface area contributed by atoms with Crippen LogP contribution in [0.3, 0.4) is 0 Å². The molecule has 0 fully saturated rings. The van der Waals surface area contributed by atoms with Gasteiger partial charge in [-0.2, -0.15) is 0 Å². The van der Waals surface area contributed by atoms with Crippen LogP contribution in [0.25, 0.3) is 0 Å². The molecule has 0 spiro atoms. The van der Waals surface area contributed by atoms with Gasteiger partial charge in [0.25, 0.3) is 0 Å². The third-order valence-electron chi connectivity index (χ3n) is 5.56. The van der Waals surface area contributed by atoms with Gasteiger partial charge in [-0.15, -0.1) is 0 Å². The average Bonchev–Trinajstić information content (AvgIpc) is 2.68. The fourth-order valence-electron chi connectivity index (χ4n) is 3.80. The summed E-state index contributed by atoms with van der Waals surface area (Å²) < 4.78 is 0. The second kappa shape index (κ2) is 21.8. The van der Waals surface area contributed by atoms with Gasteiger partial charge >= 0.3 is 0 Å². The Labute approximate surface area is 176 Å². The molecule has 3 N–H and O–H groups in total. The highest BCUT2D eigenvalue weighted by Gasteiger charge is 1.96. The maximum Gasteiger partial charge on any atom is 0.0739 e. The Hall–Kier alpha value is -0.530. The van der Waals surface area contributed by atoms with Crippen molar-refractivity contribution in [1.29, 1.82) is 0 Å². The second-order valence-corrected chi connectivity index (χ2v) is 8.10. The van der Waals surface area contributed by atoms with Crippen molar-refractivity contribution in [3.05, 3.63) is 35.9 Å². The predicted molar refractivity (Wildman–Crippen MR) is 116 cm³/mol. The molecule has 0 bridgehead atoms. The van der Waals surface area contributed by atoms with Gasteiger partial charge in [0, 0.05) is 0 Å². The molecule has 0 saturated heterocycles. The zero-order valence-electron chi connectivity index (χ0n) is 17.9. The van der Waals surface area contributed by atoms with Crippen molar-refractivity contribution in [2.45, 2.75) is 116 Å². The van der Waals surface area contributed by atoms with Crippen LogP contribution in [0.2, 0.25) is 0 Å². The molecule has 1 aromatic carbocycles. The number of aryl methyl sites for hydroxylation is 1. The lowest BCUT2D eigenvalue weighted by Gasteiger charge is -2.04. The Kier molecular flexibility index (Phi) is 21.3. The lowest BCUT2D eigenvalue weighted by molar-refractivity contribution is -0.368. The van der Waals surface area contributed by atoms with Gasteiger partial charge in [-0.25, -0.2) is 0 Å². The molecule has 0 aliphatic carbocycles. The normalized spacial score (nSPS) is 10.7. The molecule has 0 unspecified atom stereocenters. The number of hydrogen-bond donors (Lipinski definition) is 1. The van der Waals surface area contributed by atoms with Crippen LogP contribution in [-0.2, 0) is 6.42 Å². The summed E-state index contributed by atoms with van der Waals surface area (Å²) in [5.41, 5.74) is 5.41. The van der Waals surface area contributed by atoms with E-state index in [2.05, 4.69) is 36.1 Å². The standard InChI is InChI=1S/C25H45N.ClH/c26-24-20-15-13-11-9-7-5-3-1-2-4-6-8-10-12-14-17-21-25-22-18-16-19-23-25;/h16,18-19,22-23H,1-15,17,20-21,24,26H2;1H. The van der Waals surface area contributed by atoms with Gasteiger partial charge in [-0.1, -0.05) is 120 Å². The SMILES string of the molecule is [Cl-].[NH3+]CCCCCCCCCCCCCCCCCCCc1ccccc1. The first-order chi connectivity index (χ1) is 12.9. The first-order valence-electron chi connectivity index (χ1n) is 11.8. The number of rotatable bonds is 19. The van der Waals surface area contributed by atoms with Gasteiger partial charge in [0.15, 0.2) is 0 Å². The number of quaternary nitrogens is 1. The molecule has 1 nitrogen and oxygen atoms in total. The highest BCUT2D eigenvalue weighted by Crippen LogP contribution is 2.14. The highest BCUT2D eigenvalue weighted by atomic mass is 35.5. The van der Waals surface area contributed by atoms with Crippen molar-refractivity contribution in [2.24, 2.45) is 0 Å². The molecular weight excluding hydrogens is 350 g/mol. The quantitative estimate of drug-likeness (QED) is 0.341. The molecule has 2 heteroatoms. The maximum atomic E-state index is 3.91. The molecule has 0 amide bonds. The second-order valence-electron chi connectivity index (χ2n) is 8.10. The molecule has 0 radical (unpaired) electrons. The Morgan fingerprint density at radius 2 is 0.778 bits per heavy atom. The van der Waals surface area contributed by atoms with E-state index in [1.54, 1.807) is 0 Å². The third-order valence-corrected chi connectivity index (χ3v) is 5.56. The van der Waals surface area contributed by atoms with Crippen LogP contribution in [0, 0.1) is 0 Å². The molecule has 0 aromatic heterocycles. The van der Waals surface area contributed by atoms with Crippen LogP contribution in [0.15, 0.2) is 30.3 Å². The smallest absolute Gasteiger partial charge is 0.0739 e. The van der Waals surface area contributed by atoms with Crippen LogP contribution in [0.4, 0.5) is 0 Å². The van der Waals surface area contributed by atoms with Crippen molar-refractivity contribution < 1.29 is 18.1 Å². The maximum absolute atomic E-state index is 3.91. The van der Waals surface area contributed by atoms with Crippen LogP contribution in [0.1, 0.15) is 115 Å². The zero-order chi connectivity index (χ0) is 18.5.